The number of hydrogen-bond donors (Lipinski definition) is 6. The fourth-order valence-electron chi connectivity index (χ4n) is 8.45. The number of H-pyrrole nitrogens is 1. The number of sulfonamides is 1. The molecule has 1 atom stereocenters. The molecule has 0 saturated carbocycles. The number of amides is 2. The molecule has 59 heavy (non-hydrogen) atoms. The van der Waals surface area contributed by atoms with Crippen molar-refractivity contribution in [2.75, 3.05) is 72.5 Å². The second kappa shape index (κ2) is 17.3. The zero-order valence-electron chi connectivity index (χ0n) is 33.7. The number of hydrogen-bond acceptors (Lipinski definition) is 12. The molecule has 0 bridgehead atoms. The van der Waals surface area contributed by atoms with Crippen LogP contribution in [0.2, 0.25) is 0 Å². The Kier molecular flexibility index (Phi) is 11.7. The van der Waals surface area contributed by atoms with Gasteiger partial charge in [-0.1, -0.05) is 36.4 Å². The number of anilines is 6. The quantitative estimate of drug-likeness (QED) is 0.0615. The highest BCUT2D eigenvalue weighted by Crippen LogP contribution is 2.40. The molecule has 0 aliphatic carbocycles. The van der Waals surface area contributed by atoms with E-state index in [4.69, 9.17) is 14.7 Å². The standard InChI is InChI=1S/C43H52N10O5S/c1-27-25-35(48-43-50-40-33(14-19-46-40)41(51-43)47-34-6-4-5-30-15-24-53(39(30)34)59(3,56)57)37(58-2)26-36(27)52-22-16-31(17-23-52)45-21-20-44-18-13-28-7-9-29(10-8-28)32-11-12-38(54)49-42(32)55/h4-10,14,19,25-26,31-32,44-45H,11-13,15-18,20-24H2,1-3H3,(H,49,54,55)(H3,46,47,48,50,51). The second-order valence-electron chi connectivity index (χ2n) is 15.6. The lowest BCUT2D eigenvalue weighted by Crippen LogP contribution is -2.44. The Bertz CT molecular complexity index is 2450. The number of para-hydroxylation sites is 1. The number of nitrogens with zero attached hydrogens (tertiary/aromatic N) is 4. The van der Waals surface area contributed by atoms with E-state index >= 15 is 0 Å². The van der Waals surface area contributed by atoms with Gasteiger partial charge in [0, 0.05) is 63.1 Å². The average Bonchev–Trinajstić information content (AvgIpc) is 3.89. The van der Waals surface area contributed by atoms with Crippen LogP contribution >= 0.6 is 0 Å². The predicted molar refractivity (Wildman–Crippen MR) is 232 cm³/mol. The highest BCUT2D eigenvalue weighted by atomic mass is 32.2. The van der Waals surface area contributed by atoms with E-state index in [1.54, 1.807) is 13.3 Å². The van der Waals surface area contributed by atoms with E-state index in [-0.39, 0.29) is 17.7 Å². The summed E-state index contributed by atoms with van der Waals surface area (Å²) in [5.74, 6) is 0.950. The molecule has 2 saturated heterocycles. The molecule has 310 valence electrons. The maximum atomic E-state index is 12.6. The van der Waals surface area contributed by atoms with E-state index in [1.165, 1.54) is 16.1 Å². The van der Waals surface area contributed by atoms with Crippen LogP contribution in [-0.2, 0) is 32.5 Å². The van der Waals surface area contributed by atoms with Gasteiger partial charge in [-0.25, -0.2) is 8.42 Å². The lowest BCUT2D eigenvalue weighted by Gasteiger charge is -2.35. The number of piperidine rings is 2. The molecule has 16 heteroatoms. The van der Waals surface area contributed by atoms with Gasteiger partial charge in [0.1, 0.15) is 17.2 Å². The van der Waals surface area contributed by atoms with Crippen LogP contribution in [0.4, 0.5) is 34.5 Å². The van der Waals surface area contributed by atoms with Crippen molar-refractivity contribution in [3.8, 4) is 5.75 Å². The number of carbonyl (C=O) groups excluding carboxylic acids is 2. The van der Waals surface area contributed by atoms with Crippen LogP contribution in [0, 0.1) is 6.92 Å². The van der Waals surface area contributed by atoms with Crippen molar-refractivity contribution in [2.45, 2.75) is 57.4 Å². The van der Waals surface area contributed by atoms with Crippen LogP contribution in [0.3, 0.4) is 0 Å². The average molecular weight is 821 g/mol. The minimum Gasteiger partial charge on any atom is -0.494 e. The summed E-state index contributed by atoms with van der Waals surface area (Å²) in [6, 6.07) is 20.4. The molecule has 5 aromatic rings. The SMILES string of the molecule is COc1cc(N2CCC(NCCNCCc3ccc(C4CCC(=O)NC4=O)cc3)CC2)c(C)cc1Nc1nc(Nc2cccc3c2N(S(C)(=O)=O)CC3)c2cc[nH]c2n1. The smallest absolute Gasteiger partial charge is 0.234 e. The molecule has 2 amide bonds. The normalized spacial score (nSPS) is 17.3. The number of ether oxygens (including phenoxy) is 1. The molecule has 15 nitrogen and oxygen atoms in total. The molecule has 6 N–H and O–H groups in total. The van der Waals surface area contributed by atoms with Crippen LogP contribution in [0.25, 0.3) is 11.0 Å². The summed E-state index contributed by atoms with van der Waals surface area (Å²) >= 11 is 0. The number of rotatable bonds is 15. The number of nitrogens with one attached hydrogen (secondary N) is 6. The molecule has 0 spiro atoms. The van der Waals surface area contributed by atoms with Gasteiger partial charge in [0.15, 0.2) is 0 Å². The summed E-state index contributed by atoms with van der Waals surface area (Å²) in [6.45, 7) is 7.02. The first-order chi connectivity index (χ1) is 28.5. The van der Waals surface area contributed by atoms with Crippen LogP contribution in [0.15, 0.2) is 66.9 Å². The zero-order chi connectivity index (χ0) is 41.1. The topological polar surface area (TPSA) is 186 Å². The first kappa shape index (κ1) is 40.1. The van der Waals surface area contributed by atoms with Crippen molar-refractivity contribution < 1.29 is 22.7 Å². The maximum Gasteiger partial charge on any atom is 0.234 e. The van der Waals surface area contributed by atoms with Gasteiger partial charge < -0.3 is 35.9 Å². The second-order valence-corrected chi connectivity index (χ2v) is 17.5. The summed E-state index contributed by atoms with van der Waals surface area (Å²) in [5.41, 5.74) is 8.07. The number of aryl methyl sites for hydroxylation is 1. The number of methoxy groups -OCH3 is 1. The number of aromatic nitrogens is 3. The Labute approximate surface area is 344 Å². The van der Waals surface area contributed by atoms with Crippen molar-refractivity contribution in [1.82, 2.24) is 30.9 Å². The third-order valence-corrected chi connectivity index (χ3v) is 12.7. The van der Waals surface area contributed by atoms with Gasteiger partial charge in [0.05, 0.1) is 41.7 Å². The number of benzene rings is 3. The minimum atomic E-state index is -3.45. The van der Waals surface area contributed by atoms with E-state index < -0.39 is 10.0 Å². The lowest BCUT2D eigenvalue weighted by molar-refractivity contribution is -0.134. The van der Waals surface area contributed by atoms with Gasteiger partial charge in [-0.2, -0.15) is 9.97 Å². The summed E-state index contributed by atoms with van der Waals surface area (Å²) in [6.07, 6.45) is 7.61. The van der Waals surface area contributed by atoms with Crippen LogP contribution < -0.4 is 40.5 Å². The molecular formula is C43H52N10O5S. The zero-order valence-corrected chi connectivity index (χ0v) is 34.5. The summed E-state index contributed by atoms with van der Waals surface area (Å²) in [4.78, 5) is 38.9. The van der Waals surface area contributed by atoms with Gasteiger partial charge in [-0.3, -0.25) is 19.2 Å². The first-order valence-electron chi connectivity index (χ1n) is 20.3. The van der Waals surface area contributed by atoms with Crippen molar-refractivity contribution in [2.24, 2.45) is 0 Å². The number of aromatic amines is 1. The molecule has 2 fully saturated rings. The fourth-order valence-corrected chi connectivity index (χ4v) is 9.42. The Morgan fingerprint density at radius 2 is 1.71 bits per heavy atom. The van der Waals surface area contributed by atoms with Gasteiger partial charge in [0.25, 0.3) is 0 Å². The molecule has 5 heterocycles. The predicted octanol–water partition coefficient (Wildman–Crippen LogP) is 5.00. The van der Waals surface area contributed by atoms with Gasteiger partial charge in [-0.05, 0) is 86.0 Å². The fraction of sp³-hybridized carbons (Fsp3) is 0.395. The molecule has 3 aromatic carbocycles. The van der Waals surface area contributed by atoms with Crippen LogP contribution in [0.5, 0.6) is 5.75 Å². The third kappa shape index (κ3) is 8.99. The number of carbonyl (C=O) groups is 2. The van der Waals surface area contributed by atoms with E-state index in [1.807, 2.05) is 36.4 Å². The van der Waals surface area contributed by atoms with E-state index in [0.29, 0.717) is 66.4 Å². The molecule has 3 aliphatic heterocycles. The lowest BCUT2D eigenvalue weighted by atomic mass is 9.90. The third-order valence-electron chi connectivity index (χ3n) is 11.6. The maximum absolute atomic E-state index is 12.6. The van der Waals surface area contributed by atoms with E-state index in [9.17, 15) is 18.0 Å². The van der Waals surface area contributed by atoms with Crippen molar-refractivity contribution in [1.29, 1.82) is 0 Å². The van der Waals surface area contributed by atoms with Crippen LogP contribution in [0.1, 0.15) is 53.9 Å². The van der Waals surface area contributed by atoms with Crippen LogP contribution in [-0.4, -0.2) is 93.9 Å². The first-order valence-corrected chi connectivity index (χ1v) is 22.2. The molecular weight excluding hydrogens is 769 g/mol. The van der Waals surface area contributed by atoms with Crippen molar-refractivity contribution in [3.63, 3.8) is 0 Å². The molecule has 1 unspecified atom stereocenters. The van der Waals surface area contributed by atoms with Crippen molar-refractivity contribution >= 4 is 67.4 Å². The van der Waals surface area contributed by atoms with Crippen molar-refractivity contribution in [3.05, 3.63) is 89.1 Å². The summed E-state index contributed by atoms with van der Waals surface area (Å²) in [7, 11) is -1.79. The largest absolute Gasteiger partial charge is 0.494 e. The van der Waals surface area contributed by atoms with E-state index in [0.717, 1.165) is 85.4 Å². The Morgan fingerprint density at radius 1 is 0.898 bits per heavy atom. The Balaban J connectivity index is 0.835. The highest BCUT2D eigenvalue weighted by Gasteiger charge is 2.30. The number of imide groups is 1. The van der Waals surface area contributed by atoms with E-state index in [2.05, 4.69) is 67.7 Å². The van der Waals surface area contributed by atoms with Gasteiger partial charge in [0.2, 0.25) is 27.8 Å². The monoisotopic (exact) mass is 820 g/mol. The Hall–Kier alpha value is -5.71. The molecule has 3 aliphatic rings. The van der Waals surface area contributed by atoms with Gasteiger partial charge >= 0.3 is 0 Å². The molecule has 0 radical (unpaired) electrons. The highest BCUT2D eigenvalue weighted by molar-refractivity contribution is 7.92. The van der Waals surface area contributed by atoms with Gasteiger partial charge in [-0.15, -0.1) is 0 Å². The Morgan fingerprint density at radius 3 is 2.47 bits per heavy atom. The number of fused-ring (bicyclic) bond motifs is 2. The summed E-state index contributed by atoms with van der Waals surface area (Å²) in [5, 5.41) is 17.3. The molecule has 2 aromatic heterocycles. The molecule has 8 rings (SSSR count). The minimum absolute atomic E-state index is 0.189. The summed E-state index contributed by atoms with van der Waals surface area (Å²) < 4.78 is 32.6.